The molecule has 9 heteroatoms. The van der Waals surface area contributed by atoms with Gasteiger partial charge in [0.1, 0.15) is 11.6 Å². The number of nitrogens with zero attached hydrogens (tertiary/aromatic N) is 5. The summed E-state index contributed by atoms with van der Waals surface area (Å²) in [5, 5.41) is 12.8. The van der Waals surface area contributed by atoms with Gasteiger partial charge in [-0.2, -0.15) is 10.3 Å². The molecule has 3 amide bonds. The van der Waals surface area contributed by atoms with Gasteiger partial charge < -0.3 is 4.90 Å². The molecule has 0 saturated carbocycles. The Labute approximate surface area is 279 Å². The van der Waals surface area contributed by atoms with E-state index in [9.17, 15) is 19.6 Å². The summed E-state index contributed by atoms with van der Waals surface area (Å²) in [6.45, 7) is 19.4. The van der Waals surface area contributed by atoms with E-state index in [0.717, 1.165) is 89.3 Å². The summed E-state index contributed by atoms with van der Waals surface area (Å²) in [6.07, 6.45) is 8.58. The van der Waals surface area contributed by atoms with Crippen molar-refractivity contribution in [2.24, 2.45) is 5.41 Å². The summed E-state index contributed by atoms with van der Waals surface area (Å²) in [5.74, 6) is -1.84. The first kappa shape index (κ1) is 36.7. The van der Waals surface area contributed by atoms with E-state index in [-0.39, 0.29) is 11.1 Å². The standard InChI is InChI=1S/C37H51N5O3S/c1-11-16-18-41(19-17-12-2)36-39-32(31-26(14-4)20-25(13-3)21-27(31)15-5)30(46-36)22-28-24(6)29(23-38)34(44)42(33(28)43)40(10)35(45)37(7,8)9/h20-22H,11-19H2,1-10H3/b28-22-. The number of carbonyl (C=O) groups excluding carboxylic acids is 3. The number of benzene rings is 1. The first-order valence-electron chi connectivity index (χ1n) is 16.7. The van der Waals surface area contributed by atoms with Gasteiger partial charge in [-0.1, -0.05) is 91.7 Å². The zero-order valence-electron chi connectivity index (χ0n) is 29.5. The third kappa shape index (κ3) is 7.60. The van der Waals surface area contributed by atoms with E-state index >= 15 is 0 Å². The molecule has 0 radical (unpaired) electrons. The molecule has 3 rings (SSSR count). The SMILES string of the molecule is CCCCN(CCCC)c1nc(-c2c(CC)cc(CC)cc2CC)c(/C=C2\C(=O)N(N(C)C(=O)C(C)(C)C)C(=O)C(C#N)=C2C)s1. The van der Waals surface area contributed by atoms with E-state index in [2.05, 4.69) is 51.7 Å². The number of anilines is 1. The van der Waals surface area contributed by atoms with E-state index in [1.807, 2.05) is 6.07 Å². The molecule has 248 valence electrons. The summed E-state index contributed by atoms with van der Waals surface area (Å²) in [6, 6.07) is 6.52. The fraction of sp³-hybridized carbons (Fsp3) is 0.541. The van der Waals surface area contributed by atoms with E-state index < -0.39 is 23.1 Å². The van der Waals surface area contributed by atoms with Crippen LogP contribution in [-0.4, -0.2) is 52.9 Å². The van der Waals surface area contributed by atoms with Crippen LogP contribution in [0.5, 0.6) is 0 Å². The number of nitriles is 1. The lowest BCUT2D eigenvalue weighted by Crippen LogP contribution is -2.56. The monoisotopic (exact) mass is 645 g/mol. The van der Waals surface area contributed by atoms with E-state index in [1.165, 1.54) is 35.1 Å². The molecule has 1 aromatic carbocycles. The minimum absolute atomic E-state index is 0.158. The quantitative estimate of drug-likeness (QED) is 0.162. The molecule has 0 unspecified atom stereocenters. The van der Waals surface area contributed by atoms with Crippen LogP contribution in [0.3, 0.4) is 0 Å². The lowest BCUT2D eigenvalue weighted by atomic mass is 9.90. The smallest absolute Gasteiger partial charge is 0.290 e. The fourth-order valence-corrected chi connectivity index (χ4v) is 6.75. The Morgan fingerprint density at radius 1 is 0.978 bits per heavy atom. The summed E-state index contributed by atoms with van der Waals surface area (Å²) in [5.41, 5.74) is 5.07. The summed E-state index contributed by atoms with van der Waals surface area (Å²) in [7, 11) is 1.41. The number of hydrogen-bond acceptors (Lipinski definition) is 7. The Bertz CT molecular complexity index is 1540. The Kier molecular flexibility index (Phi) is 12.5. The fourth-order valence-electron chi connectivity index (χ4n) is 5.69. The van der Waals surface area contributed by atoms with Gasteiger partial charge in [0.25, 0.3) is 11.8 Å². The summed E-state index contributed by atoms with van der Waals surface area (Å²) < 4.78 is 0. The van der Waals surface area contributed by atoms with Crippen LogP contribution in [0.2, 0.25) is 0 Å². The van der Waals surface area contributed by atoms with Crippen LogP contribution in [0, 0.1) is 16.7 Å². The highest BCUT2D eigenvalue weighted by molar-refractivity contribution is 7.17. The third-order valence-corrected chi connectivity index (χ3v) is 9.54. The minimum atomic E-state index is -0.847. The number of aromatic nitrogens is 1. The molecule has 1 aromatic heterocycles. The molecule has 0 spiro atoms. The zero-order valence-corrected chi connectivity index (χ0v) is 30.3. The Hall–Kier alpha value is -3.77. The van der Waals surface area contributed by atoms with Gasteiger partial charge in [0.05, 0.1) is 10.6 Å². The molecule has 0 N–H and O–H groups in total. The number of unbranched alkanes of at least 4 members (excludes halogenated alkanes) is 2. The van der Waals surface area contributed by atoms with Crippen molar-refractivity contribution in [3.8, 4) is 17.3 Å². The van der Waals surface area contributed by atoms with Crippen molar-refractivity contribution in [2.45, 2.75) is 107 Å². The van der Waals surface area contributed by atoms with Crippen LogP contribution >= 0.6 is 11.3 Å². The number of hydrazine groups is 1. The van der Waals surface area contributed by atoms with Gasteiger partial charge in [-0.25, -0.2) is 9.99 Å². The highest BCUT2D eigenvalue weighted by Gasteiger charge is 2.42. The van der Waals surface area contributed by atoms with Gasteiger partial charge in [0.2, 0.25) is 5.91 Å². The number of imide groups is 1. The van der Waals surface area contributed by atoms with Crippen molar-refractivity contribution in [1.82, 2.24) is 15.0 Å². The third-order valence-electron chi connectivity index (χ3n) is 8.47. The van der Waals surface area contributed by atoms with Gasteiger partial charge in [0, 0.05) is 36.7 Å². The number of aryl methyl sites for hydroxylation is 3. The maximum absolute atomic E-state index is 14.2. The molecule has 1 aliphatic heterocycles. The lowest BCUT2D eigenvalue weighted by Gasteiger charge is -2.36. The van der Waals surface area contributed by atoms with Gasteiger partial charge in [0.15, 0.2) is 5.13 Å². The topological polar surface area (TPSA) is 97.6 Å². The molecule has 8 nitrogen and oxygen atoms in total. The molecular weight excluding hydrogens is 595 g/mol. The van der Waals surface area contributed by atoms with Crippen molar-refractivity contribution < 1.29 is 14.4 Å². The van der Waals surface area contributed by atoms with Crippen LogP contribution in [0.4, 0.5) is 5.13 Å². The van der Waals surface area contributed by atoms with E-state index in [0.29, 0.717) is 5.57 Å². The van der Waals surface area contributed by atoms with Crippen molar-refractivity contribution in [1.29, 1.82) is 5.26 Å². The Morgan fingerprint density at radius 2 is 1.54 bits per heavy atom. The van der Waals surface area contributed by atoms with Crippen molar-refractivity contribution >= 4 is 40.3 Å². The van der Waals surface area contributed by atoms with E-state index in [4.69, 9.17) is 4.98 Å². The average molecular weight is 646 g/mol. The Balaban J connectivity index is 2.37. The average Bonchev–Trinajstić information content (AvgIpc) is 3.44. The highest BCUT2D eigenvalue weighted by atomic mass is 32.1. The Morgan fingerprint density at radius 3 is 2.00 bits per heavy atom. The molecular formula is C37H51N5O3S. The predicted molar refractivity (Wildman–Crippen MR) is 188 cm³/mol. The number of amides is 3. The molecule has 2 heterocycles. The first-order valence-corrected chi connectivity index (χ1v) is 17.5. The van der Waals surface area contributed by atoms with Crippen LogP contribution in [0.15, 0.2) is 28.9 Å². The highest BCUT2D eigenvalue weighted by Crippen LogP contribution is 2.41. The number of rotatable bonds is 13. The summed E-state index contributed by atoms with van der Waals surface area (Å²) in [4.78, 5) is 49.3. The second-order valence-corrected chi connectivity index (χ2v) is 13.9. The molecule has 0 bridgehead atoms. The van der Waals surface area contributed by atoms with Gasteiger partial charge in [-0.3, -0.25) is 14.4 Å². The van der Waals surface area contributed by atoms with E-state index in [1.54, 1.807) is 33.8 Å². The minimum Gasteiger partial charge on any atom is -0.348 e. The molecule has 0 atom stereocenters. The zero-order chi connectivity index (χ0) is 34.3. The largest absolute Gasteiger partial charge is 0.348 e. The molecule has 0 saturated heterocycles. The molecule has 1 aliphatic rings. The molecule has 0 aliphatic carbocycles. The van der Waals surface area contributed by atoms with Crippen LogP contribution in [0.1, 0.15) is 110 Å². The second-order valence-electron chi connectivity index (χ2n) is 12.9. The van der Waals surface area contributed by atoms with Gasteiger partial charge in [-0.15, -0.1) is 0 Å². The normalized spacial score (nSPS) is 14.7. The lowest BCUT2D eigenvalue weighted by molar-refractivity contribution is -0.171. The van der Waals surface area contributed by atoms with Crippen LogP contribution in [0.25, 0.3) is 17.3 Å². The maximum atomic E-state index is 14.2. The van der Waals surface area contributed by atoms with Crippen LogP contribution in [-0.2, 0) is 33.6 Å². The van der Waals surface area contributed by atoms with Crippen molar-refractivity contribution in [3.63, 3.8) is 0 Å². The molecule has 46 heavy (non-hydrogen) atoms. The van der Waals surface area contributed by atoms with Gasteiger partial charge >= 0.3 is 0 Å². The number of carbonyl (C=O) groups is 3. The van der Waals surface area contributed by atoms with Crippen LogP contribution < -0.4 is 4.90 Å². The second kappa shape index (κ2) is 15.7. The first-order chi connectivity index (χ1) is 21.8. The predicted octanol–water partition coefficient (Wildman–Crippen LogP) is 7.92. The van der Waals surface area contributed by atoms with Crippen molar-refractivity contribution in [3.05, 3.63) is 50.4 Å². The molecule has 0 fully saturated rings. The molecule has 2 aromatic rings. The number of thiazole rings is 1. The van der Waals surface area contributed by atoms with Gasteiger partial charge in [-0.05, 0) is 67.4 Å². The van der Waals surface area contributed by atoms with Crippen molar-refractivity contribution in [2.75, 3.05) is 25.0 Å². The maximum Gasteiger partial charge on any atom is 0.290 e. The summed E-state index contributed by atoms with van der Waals surface area (Å²) >= 11 is 1.54. The number of hydrogen-bond donors (Lipinski definition) is 0.